The molecule has 0 unspecified atom stereocenters. The number of hydrogen-bond donors (Lipinski definition) is 0. The summed E-state index contributed by atoms with van der Waals surface area (Å²) in [5.41, 5.74) is 2.05. The SMILES string of the molecule is [Ir].c1ccc(-[c-]2ccnn2)cc1. The average molecular weight is 335 g/mol. The van der Waals surface area contributed by atoms with Crippen LogP contribution in [0.2, 0.25) is 0 Å². The fourth-order valence-electron chi connectivity index (χ4n) is 0.996. The van der Waals surface area contributed by atoms with E-state index in [1.165, 1.54) is 0 Å². The van der Waals surface area contributed by atoms with Crippen LogP contribution in [-0.4, -0.2) is 10.2 Å². The van der Waals surface area contributed by atoms with Crippen LogP contribution < -0.4 is 0 Å². The van der Waals surface area contributed by atoms with Crippen LogP contribution in [0.5, 0.6) is 0 Å². The molecule has 2 aromatic rings. The number of benzene rings is 1. The van der Waals surface area contributed by atoms with Gasteiger partial charge in [0.05, 0.1) is 0 Å². The molecule has 0 fully saturated rings. The van der Waals surface area contributed by atoms with Crippen LogP contribution in [-0.2, 0) is 20.1 Å². The quantitative estimate of drug-likeness (QED) is 0.744. The van der Waals surface area contributed by atoms with E-state index in [0.717, 1.165) is 11.3 Å². The maximum atomic E-state index is 3.94. The topological polar surface area (TPSA) is 25.8 Å². The second kappa shape index (κ2) is 4.19. The van der Waals surface area contributed by atoms with Gasteiger partial charge in [-0.3, -0.25) is 0 Å². The molecule has 0 atom stereocenters. The maximum absolute atomic E-state index is 3.94. The Morgan fingerprint density at radius 1 is 1.08 bits per heavy atom. The van der Waals surface area contributed by atoms with Crippen molar-refractivity contribution in [2.75, 3.05) is 0 Å². The van der Waals surface area contributed by atoms with Gasteiger partial charge in [0.1, 0.15) is 0 Å². The first-order chi connectivity index (χ1) is 5.47. The predicted molar refractivity (Wildman–Crippen MR) is 43.1 cm³/mol. The molecule has 3 heteroatoms. The summed E-state index contributed by atoms with van der Waals surface area (Å²) < 4.78 is 0. The Morgan fingerprint density at radius 3 is 2.42 bits per heavy atom. The summed E-state index contributed by atoms with van der Waals surface area (Å²) in [6, 6.07) is 11.9. The molecule has 0 spiro atoms. The van der Waals surface area contributed by atoms with E-state index in [0.29, 0.717) is 0 Å². The average Bonchev–Trinajstić information content (AvgIpc) is 2.58. The van der Waals surface area contributed by atoms with Crippen LogP contribution in [0.15, 0.2) is 42.6 Å². The molecule has 1 aromatic heterocycles. The monoisotopic (exact) mass is 336 g/mol. The third kappa shape index (κ3) is 1.81. The van der Waals surface area contributed by atoms with Crippen molar-refractivity contribution in [3.63, 3.8) is 0 Å². The molecular weight excluding hydrogens is 328 g/mol. The summed E-state index contributed by atoms with van der Waals surface area (Å²) >= 11 is 0. The minimum Gasteiger partial charge on any atom is -0.218 e. The number of nitrogens with zero attached hydrogens (tertiary/aromatic N) is 2. The van der Waals surface area contributed by atoms with Gasteiger partial charge in [0.25, 0.3) is 0 Å². The second-order valence-corrected chi connectivity index (χ2v) is 2.28. The summed E-state index contributed by atoms with van der Waals surface area (Å²) in [6.07, 6.45) is 1.70. The Labute approximate surface area is 84.4 Å². The van der Waals surface area contributed by atoms with Crippen molar-refractivity contribution in [2.45, 2.75) is 0 Å². The van der Waals surface area contributed by atoms with Crippen molar-refractivity contribution in [2.24, 2.45) is 0 Å². The smallest absolute Gasteiger partial charge is 0.00224 e. The minimum absolute atomic E-state index is 0. The normalized spacial score (nSPS) is 9.00. The van der Waals surface area contributed by atoms with E-state index in [-0.39, 0.29) is 20.1 Å². The van der Waals surface area contributed by atoms with Crippen molar-refractivity contribution in [3.8, 4) is 11.3 Å². The first-order valence-corrected chi connectivity index (χ1v) is 3.46. The molecule has 0 aliphatic heterocycles. The van der Waals surface area contributed by atoms with E-state index in [1.54, 1.807) is 6.20 Å². The molecular formula is C9H7IrN2-. The van der Waals surface area contributed by atoms with Gasteiger partial charge in [-0.1, -0.05) is 12.1 Å². The van der Waals surface area contributed by atoms with Gasteiger partial charge in [0.2, 0.25) is 0 Å². The van der Waals surface area contributed by atoms with Gasteiger partial charge in [-0.15, -0.1) is 29.8 Å². The van der Waals surface area contributed by atoms with Gasteiger partial charge in [-0.05, 0) is 6.20 Å². The second-order valence-electron chi connectivity index (χ2n) is 2.28. The molecule has 0 aliphatic carbocycles. The maximum Gasteiger partial charge on any atom is 0.00224 e. The van der Waals surface area contributed by atoms with Crippen LogP contribution in [0, 0.1) is 0 Å². The molecule has 1 heterocycles. The number of aromatic nitrogens is 2. The molecule has 2 rings (SSSR count). The number of rotatable bonds is 1. The molecule has 2 nitrogen and oxygen atoms in total. The van der Waals surface area contributed by atoms with Gasteiger partial charge in [-0.2, -0.15) is 0 Å². The van der Waals surface area contributed by atoms with E-state index in [4.69, 9.17) is 0 Å². The summed E-state index contributed by atoms with van der Waals surface area (Å²) in [6.45, 7) is 0. The molecule has 1 radical (unpaired) electrons. The van der Waals surface area contributed by atoms with Crippen LogP contribution in [0.1, 0.15) is 0 Å². The van der Waals surface area contributed by atoms with Gasteiger partial charge >= 0.3 is 0 Å². The first-order valence-electron chi connectivity index (χ1n) is 3.46. The van der Waals surface area contributed by atoms with E-state index in [2.05, 4.69) is 10.2 Å². The fraction of sp³-hybridized carbons (Fsp3) is 0. The molecule has 0 saturated carbocycles. The van der Waals surface area contributed by atoms with Crippen molar-refractivity contribution in [1.82, 2.24) is 10.2 Å². The van der Waals surface area contributed by atoms with Crippen molar-refractivity contribution >= 4 is 0 Å². The molecule has 1 aromatic carbocycles. The Morgan fingerprint density at radius 2 is 1.83 bits per heavy atom. The van der Waals surface area contributed by atoms with Crippen LogP contribution in [0.25, 0.3) is 11.3 Å². The van der Waals surface area contributed by atoms with Crippen molar-refractivity contribution < 1.29 is 20.1 Å². The predicted octanol–water partition coefficient (Wildman–Crippen LogP) is 1.86. The van der Waals surface area contributed by atoms with Crippen LogP contribution >= 0.6 is 0 Å². The fourth-order valence-corrected chi connectivity index (χ4v) is 0.996. The number of hydrogen-bond acceptors (Lipinski definition) is 2. The first kappa shape index (κ1) is 9.17. The van der Waals surface area contributed by atoms with Gasteiger partial charge in [-0.25, -0.2) is 10.2 Å². The van der Waals surface area contributed by atoms with E-state index >= 15 is 0 Å². The summed E-state index contributed by atoms with van der Waals surface area (Å²) in [4.78, 5) is 0. The summed E-state index contributed by atoms with van der Waals surface area (Å²) in [5, 5.41) is 7.69. The van der Waals surface area contributed by atoms with E-state index in [1.807, 2.05) is 36.4 Å². The Kier molecular flexibility index (Phi) is 3.20. The zero-order valence-electron chi connectivity index (χ0n) is 6.27. The van der Waals surface area contributed by atoms with Crippen LogP contribution in [0.3, 0.4) is 0 Å². The minimum atomic E-state index is 0. The molecule has 0 N–H and O–H groups in total. The third-order valence-corrected chi connectivity index (χ3v) is 1.53. The summed E-state index contributed by atoms with van der Waals surface area (Å²) in [5.74, 6) is 0. The third-order valence-electron chi connectivity index (χ3n) is 1.53. The summed E-state index contributed by atoms with van der Waals surface area (Å²) in [7, 11) is 0. The van der Waals surface area contributed by atoms with Crippen molar-refractivity contribution in [1.29, 1.82) is 0 Å². The standard InChI is InChI=1S/C9H7N2.Ir/c1-2-4-8(5-3-1)9-6-7-10-11-9;/h1-7H;/q-1;. The van der Waals surface area contributed by atoms with Crippen LogP contribution in [0.4, 0.5) is 0 Å². The largest absolute Gasteiger partial charge is 0.218 e. The molecule has 0 amide bonds. The Bertz CT molecular complexity index is 316. The Balaban J connectivity index is 0.000000720. The Hall–Kier alpha value is -0.921. The van der Waals surface area contributed by atoms with E-state index in [9.17, 15) is 0 Å². The van der Waals surface area contributed by atoms with Gasteiger partial charge in [0.15, 0.2) is 0 Å². The van der Waals surface area contributed by atoms with Crippen molar-refractivity contribution in [3.05, 3.63) is 42.6 Å². The zero-order chi connectivity index (χ0) is 7.52. The van der Waals surface area contributed by atoms with Gasteiger partial charge < -0.3 is 0 Å². The molecule has 12 heavy (non-hydrogen) atoms. The molecule has 63 valence electrons. The molecule has 0 saturated heterocycles. The van der Waals surface area contributed by atoms with Gasteiger partial charge in [0, 0.05) is 25.8 Å². The molecule has 0 aliphatic rings. The van der Waals surface area contributed by atoms with E-state index < -0.39 is 0 Å². The zero-order valence-corrected chi connectivity index (χ0v) is 8.66. The molecule has 0 bridgehead atoms.